The van der Waals surface area contributed by atoms with Crippen LogP contribution in [-0.4, -0.2) is 35.3 Å². The molecule has 0 N–H and O–H groups in total. The quantitative estimate of drug-likeness (QED) is 0.622. The van der Waals surface area contributed by atoms with Crippen molar-refractivity contribution in [2.24, 2.45) is 0 Å². The highest BCUT2D eigenvalue weighted by Crippen LogP contribution is 2.20. The summed E-state index contributed by atoms with van der Waals surface area (Å²) in [5, 5.41) is 9.36. The van der Waals surface area contributed by atoms with Crippen LogP contribution in [0.25, 0.3) is 0 Å². The Balaban J connectivity index is 1.72. The maximum Gasteiger partial charge on any atom is 0.266 e. The lowest BCUT2D eigenvalue weighted by atomic mass is 10.00. The molecule has 1 aromatic rings. The van der Waals surface area contributed by atoms with Crippen molar-refractivity contribution < 1.29 is 4.79 Å². The largest absolute Gasteiger partial charge is 0.371 e. The standard InChI is InChI=1S/C18H21N3O/c19-12-17(18(22)21-9-4-1-5-10-21)14-20-11-8-15-6-2-3-7-16(15)13-20/h2-3,6-7,14H,1,4-5,8-11,13H2/b17-14-. The van der Waals surface area contributed by atoms with Crippen LogP contribution >= 0.6 is 0 Å². The number of hydrogen-bond acceptors (Lipinski definition) is 3. The van der Waals surface area contributed by atoms with Gasteiger partial charge in [-0.1, -0.05) is 24.3 Å². The Morgan fingerprint density at radius 2 is 1.82 bits per heavy atom. The van der Waals surface area contributed by atoms with Gasteiger partial charge in [0.1, 0.15) is 11.6 Å². The SMILES string of the molecule is N#C/C(=C/N1CCc2ccccc2C1)C(=O)N1CCCCC1. The van der Waals surface area contributed by atoms with Gasteiger partial charge in [-0.2, -0.15) is 5.26 Å². The number of likely N-dealkylation sites (tertiary alicyclic amines) is 1. The Hall–Kier alpha value is -2.28. The zero-order valence-electron chi connectivity index (χ0n) is 12.8. The van der Waals surface area contributed by atoms with Crippen molar-refractivity contribution in [2.75, 3.05) is 19.6 Å². The first-order valence-electron chi connectivity index (χ1n) is 8.00. The Bertz CT molecular complexity index is 623. The van der Waals surface area contributed by atoms with E-state index in [-0.39, 0.29) is 11.5 Å². The van der Waals surface area contributed by atoms with Gasteiger partial charge in [-0.3, -0.25) is 4.79 Å². The normalized spacial score (nSPS) is 18.6. The first kappa shape index (κ1) is 14.6. The second-order valence-corrected chi connectivity index (χ2v) is 6.00. The van der Waals surface area contributed by atoms with Crippen molar-refractivity contribution in [1.29, 1.82) is 5.26 Å². The van der Waals surface area contributed by atoms with Crippen molar-refractivity contribution in [1.82, 2.24) is 9.80 Å². The van der Waals surface area contributed by atoms with Gasteiger partial charge in [0.25, 0.3) is 5.91 Å². The van der Waals surface area contributed by atoms with Crippen LogP contribution in [0, 0.1) is 11.3 Å². The molecule has 0 atom stereocenters. The molecule has 0 spiro atoms. The number of nitrogens with zero attached hydrogens (tertiary/aromatic N) is 3. The zero-order valence-corrected chi connectivity index (χ0v) is 12.8. The van der Waals surface area contributed by atoms with Crippen molar-refractivity contribution in [3.05, 3.63) is 47.2 Å². The molecular formula is C18H21N3O. The Morgan fingerprint density at radius 1 is 1.09 bits per heavy atom. The third-order valence-electron chi connectivity index (χ3n) is 4.47. The molecule has 2 aliphatic rings. The minimum atomic E-state index is -0.110. The number of hydrogen-bond donors (Lipinski definition) is 0. The Labute approximate surface area is 131 Å². The zero-order chi connectivity index (χ0) is 15.4. The minimum Gasteiger partial charge on any atom is -0.371 e. The van der Waals surface area contributed by atoms with Crippen LogP contribution in [-0.2, 0) is 17.8 Å². The van der Waals surface area contributed by atoms with Crippen LogP contribution < -0.4 is 0 Å². The molecule has 0 aliphatic carbocycles. The summed E-state index contributed by atoms with van der Waals surface area (Å²) in [6, 6.07) is 10.5. The molecular weight excluding hydrogens is 274 g/mol. The van der Waals surface area contributed by atoms with Gasteiger partial charge >= 0.3 is 0 Å². The summed E-state index contributed by atoms with van der Waals surface area (Å²) in [4.78, 5) is 16.4. The molecule has 1 amide bonds. The van der Waals surface area contributed by atoms with Crippen molar-refractivity contribution in [3.63, 3.8) is 0 Å². The van der Waals surface area contributed by atoms with Gasteiger partial charge in [-0.15, -0.1) is 0 Å². The molecule has 0 saturated carbocycles. The van der Waals surface area contributed by atoms with Crippen molar-refractivity contribution in [2.45, 2.75) is 32.2 Å². The molecule has 22 heavy (non-hydrogen) atoms. The van der Waals surface area contributed by atoms with Crippen LogP contribution in [0.2, 0.25) is 0 Å². The van der Waals surface area contributed by atoms with Gasteiger partial charge in [-0.25, -0.2) is 0 Å². The number of carbonyl (C=O) groups is 1. The van der Waals surface area contributed by atoms with E-state index in [9.17, 15) is 10.1 Å². The predicted molar refractivity (Wildman–Crippen MR) is 84.7 cm³/mol. The highest BCUT2D eigenvalue weighted by molar-refractivity contribution is 5.97. The van der Waals surface area contributed by atoms with E-state index in [4.69, 9.17) is 0 Å². The summed E-state index contributed by atoms with van der Waals surface area (Å²) < 4.78 is 0. The molecule has 1 fully saturated rings. The third-order valence-corrected chi connectivity index (χ3v) is 4.47. The van der Waals surface area contributed by atoms with Crippen LogP contribution in [0.5, 0.6) is 0 Å². The summed E-state index contributed by atoms with van der Waals surface area (Å²) in [6.45, 7) is 3.19. The molecule has 0 bridgehead atoms. The number of rotatable bonds is 2. The van der Waals surface area contributed by atoms with Crippen LogP contribution in [0.15, 0.2) is 36.0 Å². The van der Waals surface area contributed by atoms with Crippen LogP contribution in [0.4, 0.5) is 0 Å². The molecule has 1 aromatic carbocycles. The average Bonchev–Trinajstić information content (AvgIpc) is 2.59. The molecule has 3 rings (SSSR count). The third kappa shape index (κ3) is 3.14. The van der Waals surface area contributed by atoms with Gasteiger partial charge in [-0.05, 0) is 36.8 Å². The lowest BCUT2D eigenvalue weighted by Gasteiger charge is -2.29. The predicted octanol–water partition coefficient (Wildman–Crippen LogP) is 2.46. The first-order valence-corrected chi connectivity index (χ1v) is 8.00. The van der Waals surface area contributed by atoms with Gasteiger partial charge in [0.05, 0.1) is 0 Å². The van der Waals surface area contributed by atoms with Crippen LogP contribution in [0.3, 0.4) is 0 Å². The monoisotopic (exact) mass is 295 g/mol. The molecule has 0 radical (unpaired) electrons. The smallest absolute Gasteiger partial charge is 0.266 e. The topological polar surface area (TPSA) is 47.3 Å². The lowest BCUT2D eigenvalue weighted by Crippen LogP contribution is -2.37. The van der Waals surface area contributed by atoms with E-state index in [0.29, 0.717) is 0 Å². The maximum absolute atomic E-state index is 12.5. The molecule has 2 aliphatic heterocycles. The highest BCUT2D eigenvalue weighted by Gasteiger charge is 2.22. The number of fused-ring (bicyclic) bond motifs is 1. The number of nitriles is 1. The number of piperidine rings is 1. The molecule has 4 heteroatoms. The van der Waals surface area contributed by atoms with Gasteiger partial charge < -0.3 is 9.80 Å². The van der Waals surface area contributed by atoms with E-state index in [1.54, 1.807) is 6.20 Å². The number of carbonyl (C=O) groups excluding carboxylic acids is 1. The first-order chi connectivity index (χ1) is 10.8. The summed E-state index contributed by atoms with van der Waals surface area (Å²) in [6.07, 6.45) is 5.98. The maximum atomic E-state index is 12.5. The van der Waals surface area contributed by atoms with Gasteiger partial charge in [0.2, 0.25) is 0 Å². The summed E-state index contributed by atoms with van der Waals surface area (Å²) in [5.41, 5.74) is 2.92. The van der Waals surface area contributed by atoms with E-state index < -0.39 is 0 Å². The second-order valence-electron chi connectivity index (χ2n) is 6.00. The van der Waals surface area contributed by atoms with Gasteiger partial charge in [0, 0.05) is 32.4 Å². The van der Waals surface area contributed by atoms with E-state index in [1.165, 1.54) is 17.5 Å². The van der Waals surface area contributed by atoms with Crippen molar-refractivity contribution >= 4 is 5.91 Å². The van der Waals surface area contributed by atoms with E-state index in [2.05, 4.69) is 29.2 Å². The van der Waals surface area contributed by atoms with Crippen molar-refractivity contribution in [3.8, 4) is 6.07 Å². The number of benzene rings is 1. The average molecular weight is 295 g/mol. The fourth-order valence-corrected chi connectivity index (χ4v) is 3.21. The summed E-state index contributed by atoms with van der Waals surface area (Å²) in [7, 11) is 0. The van der Waals surface area contributed by atoms with E-state index >= 15 is 0 Å². The summed E-state index contributed by atoms with van der Waals surface area (Å²) in [5.74, 6) is -0.110. The van der Waals surface area contributed by atoms with Crippen LogP contribution in [0.1, 0.15) is 30.4 Å². The highest BCUT2D eigenvalue weighted by atomic mass is 16.2. The second kappa shape index (κ2) is 6.65. The number of amides is 1. The molecule has 4 nitrogen and oxygen atoms in total. The molecule has 0 unspecified atom stereocenters. The fourth-order valence-electron chi connectivity index (χ4n) is 3.21. The molecule has 114 valence electrons. The van der Waals surface area contributed by atoms with E-state index in [0.717, 1.165) is 45.4 Å². The Kier molecular flexibility index (Phi) is 4.43. The van der Waals surface area contributed by atoms with Gasteiger partial charge in [0.15, 0.2) is 0 Å². The fraction of sp³-hybridized carbons (Fsp3) is 0.444. The Morgan fingerprint density at radius 3 is 2.55 bits per heavy atom. The molecule has 1 saturated heterocycles. The molecule has 2 heterocycles. The minimum absolute atomic E-state index is 0.110. The molecule has 0 aromatic heterocycles. The van der Waals surface area contributed by atoms with E-state index in [1.807, 2.05) is 11.0 Å². The lowest BCUT2D eigenvalue weighted by molar-refractivity contribution is -0.127. The summed E-state index contributed by atoms with van der Waals surface area (Å²) >= 11 is 0.